The lowest BCUT2D eigenvalue weighted by atomic mass is 9.69. The summed E-state index contributed by atoms with van der Waals surface area (Å²) in [5.41, 5.74) is 0.423. The van der Waals surface area contributed by atoms with Crippen LogP contribution in [0.25, 0.3) is 0 Å². The Hall–Kier alpha value is -0.0400. The lowest BCUT2D eigenvalue weighted by Gasteiger charge is -2.38. The van der Waals surface area contributed by atoms with Crippen molar-refractivity contribution in [2.75, 3.05) is 0 Å². The molecule has 0 amide bonds. The number of hydrogen-bond donors (Lipinski definition) is 1. The second-order valence-corrected chi connectivity index (χ2v) is 4.45. The largest absolute Gasteiger partial charge is 0.393 e. The Bertz CT molecular complexity index is 133. The van der Waals surface area contributed by atoms with Gasteiger partial charge in [-0.25, -0.2) is 0 Å². The maximum Gasteiger partial charge on any atom is 0.0571 e. The molecule has 1 saturated carbocycles. The van der Waals surface area contributed by atoms with Crippen molar-refractivity contribution in [3.05, 3.63) is 0 Å². The third-order valence-electron chi connectivity index (χ3n) is 3.42. The van der Waals surface area contributed by atoms with Gasteiger partial charge >= 0.3 is 0 Å². The van der Waals surface area contributed by atoms with E-state index in [1.807, 2.05) is 0 Å². The Morgan fingerprint density at radius 2 is 2.18 bits per heavy atom. The summed E-state index contributed by atoms with van der Waals surface area (Å²) >= 11 is 0. The zero-order chi connectivity index (χ0) is 8.48. The second kappa shape index (κ2) is 3.14. The van der Waals surface area contributed by atoms with Crippen molar-refractivity contribution in [2.24, 2.45) is 11.3 Å². The third kappa shape index (κ3) is 1.96. The van der Waals surface area contributed by atoms with E-state index in [-0.39, 0.29) is 6.10 Å². The fraction of sp³-hybridized carbons (Fsp3) is 1.00. The Labute approximate surface area is 69.8 Å². The first-order valence-electron chi connectivity index (χ1n) is 4.75. The number of rotatable bonds is 1. The Kier molecular flexibility index (Phi) is 2.58. The van der Waals surface area contributed by atoms with E-state index >= 15 is 0 Å². The van der Waals surface area contributed by atoms with E-state index in [9.17, 15) is 5.11 Å². The van der Waals surface area contributed by atoms with E-state index in [0.717, 1.165) is 6.42 Å². The van der Waals surface area contributed by atoms with Gasteiger partial charge in [0.15, 0.2) is 0 Å². The zero-order valence-electron chi connectivity index (χ0n) is 7.93. The molecule has 11 heavy (non-hydrogen) atoms. The van der Waals surface area contributed by atoms with Crippen LogP contribution in [-0.4, -0.2) is 11.2 Å². The van der Waals surface area contributed by atoms with Gasteiger partial charge in [-0.2, -0.15) is 0 Å². The van der Waals surface area contributed by atoms with Crippen LogP contribution in [0.3, 0.4) is 0 Å². The van der Waals surface area contributed by atoms with Crippen molar-refractivity contribution < 1.29 is 5.11 Å². The van der Waals surface area contributed by atoms with Crippen LogP contribution < -0.4 is 0 Å². The molecule has 1 aliphatic carbocycles. The van der Waals surface area contributed by atoms with Gasteiger partial charge in [0.1, 0.15) is 0 Å². The first-order chi connectivity index (χ1) is 5.07. The maximum absolute atomic E-state index is 9.64. The predicted octanol–water partition coefficient (Wildman–Crippen LogP) is 2.58. The van der Waals surface area contributed by atoms with Crippen molar-refractivity contribution in [1.82, 2.24) is 0 Å². The molecule has 0 aromatic rings. The van der Waals surface area contributed by atoms with E-state index in [2.05, 4.69) is 20.8 Å². The van der Waals surface area contributed by atoms with E-state index < -0.39 is 0 Å². The minimum absolute atomic E-state index is 0.0475. The summed E-state index contributed by atoms with van der Waals surface area (Å²) in [5.74, 6) is 0.523. The van der Waals surface area contributed by atoms with Crippen LogP contribution in [0.2, 0.25) is 0 Å². The fourth-order valence-electron chi connectivity index (χ4n) is 1.90. The predicted molar refractivity (Wildman–Crippen MR) is 47.4 cm³/mol. The van der Waals surface area contributed by atoms with Crippen LogP contribution in [0.5, 0.6) is 0 Å². The van der Waals surface area contributed by atoms with Crippen LogP contribution >= 0.6 is 0 Å². The maximum atomic E-state index is 9.64. The molecule has 1 aliphatic rings. The van der Waals surface area contributed by atoms with Crippen molar-refractivity contribution in [3.63, 3.8) is 0 Å². The molecule has 0 heterocycles. The van der Waals surface area contributed by atoms with Gasteiger partial charge in [-0.1, -0.05) is 27.2 Å². The molecule has 0 radical (unpaired) electrons. The summed E-state index contributed by atoms with van der Waals surface area (Å²) in [6.45, 7) is 6.67. The minimum Gasteiger partial charge on any atom is -0.393 e. The Morgan fingerprint density at radius 1 is 1.55 bits per heavy atom. The second-order valence-electron chi connectivity index (χ2n) is 4.45. The van der Waals surface area contributed by atoms with E-state index in [0.29, 0.717) is 11.3 Å². The lowest BCUT2D eigenvalue weighted by Crippen LogP contribution is -2.33. The smallest absolute Gasteiger partial charge is 0.0571 e. The standard InChI is InChI=1S/C10H20O/c1-4-10(3)6-5-8(2)9(11)7-10/h8-9,11H,4-7H2,1-3H3. The minimum atomic E-state index is -0.0475. The van der Waals surface area contributed by atoms with Gasteiger partial charge in [0.05, 0.1) is 6.10 Å². The molecule has 1 rings (SSSR count). The molecule has 0 saturated heterocycles. The summed E-state index contributed by atoms with van der Waals surface area (Å²) < 4.78 is 0. The van der Waals surface area contributed by atoms with Gasteiger partial charge in [-0.05, 0) is 30.6 Å². The average Bonchev–Trinajstić information content (AvgIpc) is 1.98. The fourth-order valence-corrected chi connectivity index (χ4v) is 1.90. The van der Waals surface area contributed by atoms with Crippen LogP contribution in [0.1, 0.15) is 46.5 Å². The normalized spacial score (nSPS) is 45.8. The van der Waals surface area contributed by atoms with Crippen LogP contribution in [-0.2, 0) is 0 Å². The van der Waals surface area contributed by atoms with Crippen LogP contribution in [0, 0.1) is 11.3 Å². The van der Waals surface area contributed by atoms with Crippen molar-refractivity contribution >= 4 is 0 Å². The summed E-state index contributed by atoms with van der Waals surface area (Å²) in [5, 5.41) is 9.64. The van der Waals surface area contributed by atoms with Gasteiger partial charge in [0.2, 0.25) is 0 Å². The van der Waals surface area contributed by atoms with Crippen LogP contribution in [0.15, 0.2) is 0 Å². The molecule has 0 aromatic heterocycles. The highest BCUT2D eigenvalue weighted by atomic mass is 16.3. The monoisotopic (exact) mass is 156 g/mol. The number of aliphatic hydroxyl groups excluding tert-OH is 1. The highest BCUT2D eigenvalue weighted by molar-refractivity contribution is 4.84. The zero-order valence-corrected chi connectivity index (χ0v) is 7.93. The molecule has 3 atom stereocenters. The molecule has 3 unspecified atom stereocenters. The molecule has 1 nitrogen and oxygen atoms in total. The van der Waals surface area contributed by atoms with E-state index in [1.165, 1.54) is 19.3 Å². The van der Waals surface area contributed by atoms with E-state index in [1.54, 1.807) is 0 Å². The van der Waals surface area contributed by atoms with Gasteiger partial charge < -0.3 is 5.11 Å². The van der Waals surface area contributed by atoms with Gasteiger partial charge in [0.25, 0.3) is 0 Å². The molecule has 66 valence electrons. The summed E-state index contributed by atoms with van der Waals surface area (Å²) in [6, 6.07) is 0. The molecular formula is C10H20O. The molecular weight excluding hydrogens is 136 g/mol. The molecule has 1 heteroatoms. The number of aliphatic hydroxyl groups is 1. The summed E-state index contributed by atoms with van der Waals surface area (Å²) in [6.07, 6.45) is 4.66. The molecule has 1 fully saturated rings. The lowest BCUT2D eigenvalue weighted by molar-refractivity contribution is 0.0137. The molecule has 0 bridgehead atoms. The SMILES string of the molecule is CCC1(C)CCC(C)C(O)C1. The first-order valence-corrected chi connectivity index (χ1v) is 4.75. The van der Waals surface area contributed by atoms with Gasteiger partial charge in [0, 0.05) is 0 Å². The highest BCUT2D eigenvalue weighted by Crippen LogP contribution is 2.40. The topological polar surface area (TPSA) is 20.2 Å². The van der Waals surface area contributed by atoms with Crippen molar-refractivity contribution in [1.29, 1.82) is 0 Å². The van der Waals surface area contributed by atoms with Crippen molar-refractivity contribution in [2.45, 2.75) is 52.6 Å². The first kappa shape index (κ1) is 9.05. The number of hydrogen-bond acceptors (Lipinski definition) is 1. The Balaban J connectivity index is 2.51. The van der Waals surface area contributed by atoms with Crippen LogP contribution in [0.4, 0.5) is 0 Å². The molecule has 0 spiro atoms. The molecule has 0 aliphatic heterocycles. The third-order valence-corrected chi connectivity index (χ3v) is 3.42. The summed E-state index contributed by atoms with van der Waals surface area (Å²) in [4.78, 5) is 0. The van der Waals surface area contributed by atoms with E-state index in [4.69, 9.17) is 0 Å². The molecule has 0 aromatic carbocycles. The average molecular weight is 156 g/mol. The van der Waals surface area contributed by atoms with Crippen molar-refractivity contribution in [3.8, 4) is 0 Å². The Morgan fingerprint density at radius 3 is 2.64 bits per heavy atom. The van der Waals surface area contributed by atoms with Gasteiger partial charge in [-0.15, -0.1) is 0 Å². The summed E-state index contributed by atoms with van der Waals surface area (Å²) in [7, 11) is 0. The van der Waals surface area contributed by atoms with Gasteiger partial charge in [-0.3, -0.25) is 0 Å². The quantitative estimate of drug-likeness (QED) is 0.618. The molecule has 1 N–H and O–H groups in total. The highest BCUT2D eigenvalue weighted by Gasteiger charge is 2.33.